The minimum Gasteiger partial charge on any atom is -0.485 e. The number of hydrogen-bond donors (Lipinski definition) is 2. The van der Waals surface area contributed by atoms with E-state index in [1.165, 1.54) is 0 Å². The number of benzene rings is 1. The van der Waals surface area contributed by atoms with Crippen molar-refractivity contribution in [2.24, 2.45) is 7.05 Å². The number of nitrogens with one attached hydrogen (secondary N) is 1. The van der Waals surface area contributed by atoms with Crippen LogP contribution < -0.4 is 10.1 Å². The second-order valence-electron chi connectivity index (χ2n) is 4.42. The van der Waals surface area contributed by atoms with Gasteiger partial charge in [-0.25, -0.2) is 0 Å². The molecule has 0 fully saturated rings. The molecule has 1 unspecified atom stereocenters. The first-order chi connectivity index (χ1) is 9.70. The predicted molar refractivity (Wildman–Crippen MR) is 79.2 cm³/mol. The van der Waals surface area contributed by atoms with Crippen LogP contribution in [0.3, 0.4) is 0 Å². The van der Waals surface area contributed by atoms with Crippen LogP contribution in [-0.2, 0) is 13.7 Å². The van der Waals surface area contributed by atoms with Crippen molar-refractivity contribution >= 4 is 17.3 Å². The van der Waals surface area contributed by atoms with Crippen LogP contribution in [0.15, 0.2) is 36.5 Å². The lowest BCUT2D eigenvalue weighted by atomic mass is 10.2. The molecular formula is C14H18ClN3O2. The molecule has 2 N–H and O–H groups in total. The number of aryl methyl sites for hydroxylation is 1. The lowest BCUT2D eigenvalue weighted by molar-refractivity contribution is 0.211. The van der Waals surface area contributed by atoms with Crippen molar-refractivity contribution in [1.82, 2.24) is 9.78 Å². The van der Waals surface area contributed by atoms with Gasteiger partial charge in [-0.15, -0.1) is 11.6 Å². The zero-order valence-corrected chi connectivity index (χ0v) is 12.0. The van der Waals surface area contributed by atoms with Gasteiger partial charge in [-0.05, 0) is 18.2 Å². The lowest BCUT2D eigenvalue weighted by Crippen LogP contribution is -2.21. The van der Waals surface area contributed by atoms with E-state index >= 15 is 0 Å². The van der Waals surface area contributed by atoms with Gasteiger partial charge in [0.2, 0.25) is 0 Å². The number of anilines is 1. The molecule has 0 spiro atoms. The summed E-state index contributed by atoms with van der Waals surface area (Å²) in [5, 5.41) is 16.7. The van der Waals surface area contributed by atoms with Gasteiger partial charge < -0.3 is 15.2 Å². The van der Waals surface area contributed by atoms with Crippen LogP contribution in [0.2, 0.25) is 0 Å². The molecule has 0 radical (unpaired) electrons. The molecule has 0 saturated carbocycles. The highest BCUT2D eigenvalue weighted by molar-refractivity contribution is 6.18. The quantitative estimate of drug-likeness (QED) is 0.767. The van der Waals surface area contributed by atoms with Crippen LogP contribution in [0, 0.1) is 0 Å². The van der Waals surface area contributed by atoms with Crippen LogP contribution in [0.5, 0.6) is 5.75 Å². The summed E-state index contributed by atoms with van der Waals surface area (Å²) in [6, 6.07) is 9.51. The second kappa shape index (κ2) is 7.17. The summed E-state index contributed by atoms with van der Waals surface area (Å²) in [5.41, 5.74) is 1.82. The van der Waals surface area contributed by atoms with Gasteiger partial charge in [-0.1, -0.05) is 12.1 Å². The Kier molecular flexibility index (Phi) is 5.26. The molecule has 0 aliphatic carbocycles. The number of aromatic nitrogens is 2. The Bertz CT molecular complexity index is 545. The zero-order chi connectivity index (χ0) is 14.4. The van der Waals surface area contributed by atoms with E-state index in [1.807, 2.05) is 37.4 Å². The molecule has 5 nitrogen and oxygen atoms in total. The average molecular weight is 296 g/mol. The van der Waals surface area contributed by atoms with Gasteiger partial charge in [0.25, 0.3) is 0 Å². The zero-order valence-electron chi connectivity index (χ0n) is 11.3. The summed E-state index contributed by atoms with van der Waals surface area (Å²) >= 11 is 5.57. The van der Waals surface area contributed by atoms with Crippen molar-refractivity contribution in [3.8, 4) is 5.75 Å². The maximum absolute atomic E-state index is 9.48. The van der Waals surface area contributed by atoms with Crippen molar-refractivity contribution in [2.45, 2.75) is 12.7 Å². The number of halogens is 1. The minimum atomic E-state index is -0.582. The van der Waals surface area contributed by atoms with E-state index in [0.717, 1.165) is 17.1 Å². The first-order valence-corrected chi connectivity index (χ1v) is 6.90. The van der Waals surface area contributed by atoms with Crippen molar-refractivity contribution < 1.29 is 9.84 Å². The first-order valence-electron chi connectivity index (χ1n) is 6.37. The van der Waals surface area contributed by atoms with Gasteiger partial charge in [-0.2, -0.15) is 5.10 Å². The number of rotatable bonds is 7. The van der Waals surface area contributed by atoms with Gasteiger partial charge >= 0.3 is 0 Å². The molecular weight excluding hydrogens is 278 g/mol. The van der Waals surface area contributed by atoms with Gasteiger partial charge in [-0.3, -0.25) is 4.68 Å². The first kappa shape index (κ1) is 14.7. The Morgan fingerprint density at radius 1 is 1.40 bits per heavy atom. The summed E-state index contributed by atoms with van der Waals surface area (Å²) in [7, 11) is 1.87. The topological polar surface area (TPSA) is 59.3 Å². The third kappa shape index (κ3) is 3.88. The molecule has 0 aliphatic rings. The Balaban J connectivity index is 1.98. The van der Waals surface area contributed by atoms with Crippen molar-refractivity contribution in [3.05, 3.63) is 42.2 Å². The molecule has 0 aliphatic heterocycles. The van der Waals surface area contributed by atoms with Crippen LogP contribution in [0.1, 0.15) is 5.69 Å². The van der Waals surface area contributed by atoms with E-state index in [9.17, 15) is 5.11 Å². The van der Waals surface area contributed by atoms with E-state index in [0.29, 0.717) is 13.2 Å². The van der Waals surface area contributed by atoms with Gasteiger partial charge in [0.15, 0.2) is 0 Å². The number of para-hydroxylation sites is 2. The molecule has 1 aromatic heterocycles. The van der Waals surface area contributed by atoms with E-state index in [1.54, 1.807) is 10.9 Å². The molecule has 0 bridgehead atoms. The summed E-state index contributed by atoms with van der Waals surface area (Å²) in [4.78, 5) is 0. The van der Waals surface area contributed by atoms with Crippen molar-refractivity contribution in [2.75, 3.05) is 17.7 Å². The molecule has 0 amide bonds. The van der Waals surface area contributed by atoms with Crippen LogP contribution in [0.4, 0.5) is 5.69 Å². The molecule has 0 saturated heterocycles. The maximum Gasteiger partial charge on any atom is 0.142 e. The molecule has 2 rings (SSSR count). The molecule has 1 heterocycles. The number of aliphatic hydroxyl groups excluding tert-OH is 1. The molecule has 2 aromatic rings. The Hall–Kier alpha value is -1.72. The number of ether oxygens (including phenoxy) is 1. The summed E-state index contributed by atoms with van der Waals surface area (Å²) in [6.07, 6.45) is 1.15. The SMILES string of the molecule is Cn1nccc1COc1ccccc1NCC(O)CCl. The highest BCUT2D eigenvalue weighted by Crippen LogP contribution is 2.24. The molecule has 1 atom stereocenters. The molecule has 6 heteroatoms. The van der Waals surface area contributed by atoms with Crippen LogP contribution in [-0.4, -0.2) is 33.4 Å². The monoisotopic (exact) mass is 295 g/mol. The van der Waals surface area contributed by atoms with Gasteiger partial charge in [0.05, 0.1) is 23.4 Å². The number of nitrogens with zero attached hydrogens (tertiary/aromatic N) is 2. The molecule has 20 heavy (non-hydrogen) atoms. The second-order valence-corrected chi connectivity index (χ2v) is 4.73. The summed E-state index contributed by atoms with van der Waals surface area (Å²) < 4.78 is 7.56. The lowest BCUT2D eigenvalue weighted by Gasteiger charge is -2.14. The highest BCUT2D eigenvalue weighted by atomic mass is 35.5. The van der Waals surface area contributed by atoms with E-state index in [-0.39, 0.29) is 5.88 Å². The Morgan fingerprint density at radius 3 is 2.90 bits per heavy atom. The van der Waals surface area contributed by atoms with Gasteiger partial charge in [0.1, 0.15) is 12.4 Å². The number of hydrogen-bond acceptors (Lipinski definition) is 4. The Labute approximate surface area is 123 Å². The van der Waals surface area contributed by atoms with Gasteiger partial charge in [0, 0.05) is 19.8 Å². The third-order valence-electron chi connectivity index (χ3n) is 2.89. The fourth-order valence-corrected chi connectivity index (χ4v) is 1.82. The summed E-state index contributed by atoms with van der Waals surface area (Å²) in [5.74, 6) is 0.931. The normalized spacial score (nSPS) is 12.2. The van der Waals surface area contributed by atoms with Crippen molar-refractivity contribution in [1.29, 1.82) is 0 Å². The fourth-order valence-electron chi connectivity index (χ4n) is 1.72. The standard InChI is InChI=1S/C14H18ClN3O2/c1-18-11(6-7-17-18)10-20-14-5-3-2-4-13(14)16-9-12(19)8-15/h2-7,12,16,19H,8-10H2,1H3. The molecule has 108 valence electrons. The third-order valence-corrected chi connectivity index (χ3v) is 3.25. The number of alkyl halides is 1. The van der Waals surface area contributed by atoms with E-state index in [4.69, 9.17) is 16.3 Å². The summed E-state index contributed by atoms with van der Waals surface area (Å²) in [6.45, 7) is 0.822. The fraction of sp³-hybridized carbons (Fsp3) is 0.357. The highest BCUT2D eigenvalue weighted by Gasteiger charge is 2.07. The number of aliphatic hydroxyl groups is 1. The Morgan fingerprint density at radius 2 is 2.20 bits per heavy atom. The van der Waals surface area contributed by atoms with Crippen LogP contribution in [0.25, 0.3) is 0 Å². The largest absolute Gasteiger partial charge is 0.485 e. The molecule has 1 aromatic carbocycles. The van der Waals surface area contributed by atoms with Crippen LogP contribution >= 0.6 is 11.6 Å². The predicted octanol–water partition coefficient (Wildman–Crippen LogP) is 2.01. The average Bonchev–Trinajstić information content (AvgIpc) is 2.88. The minimum absolute atomic E-state index is 0.199. The van der Waals surface area contributed by atoms with E-state index in [2.05, 4.69) is 10.4 Å². The maximum atomic E-state index is 9.48. The smallest absolute Gasteiger partial charge is 0.142 e. The van der Waals surface area contributed by atoms with E-state index < -0.39 is 6.10 Å². The van der Waals surface area contributed by atoms with Crippen molar-refractivity contribution in [3.63, 3.8) is 0 Å².